The predicted molar refractivity (Wildman–Crippen MR) is 89.8 cm³/mol. The van der Waals surface area contributed by atoms with E-state index in [2.05, 4.69) is 4.98 Å². The second-order valence-corrected chi connectivity index (χ2v) is 7.29. The lowest BCUT2D eigenvalue weighted by Crippen LogP contribution is -2.40. The number of likely N-dealkylation sites (N-methyl/N-ethyl adjacent to an activating group) is 1. The lowest BCUT2D eigenvalue weighted by molar-refractivity contribution is -0.138. The van der Waals surface area contributed by atoms with Crippen LogP contribution in [0.1, 0.15) is 18.0 Å². The molecular weight excluding hydrogens is 318 g/mol. The summed E-state index contributed by atoms with van der Waals surface area (Å²) < 4.78 is 1.12. The van der Waals surface area contributed by atoms with Gasteiger partial charge < -0.3 is 9.80 Å². The number of rotatable bonds is 4. The van der Waals surface area contributed by atoms with Gasteiger partial charge in [-0.25, -0.2) is 4.98 Å². The van der Waals surface area contributed by atoms with Gasteiger partial charge in [0.05, 0.1) is 27.9 Å². The van der Waals surface area contributed by atoms with Crippen LogP contribution >= 0.6 is 23.1 Å². The molecule has 2 amide bonds. The van der Waals surface area contributed by atoms with E-state index in [9.17, 15) is 9.59 Å². The summed E-state index contributed by atoms with van der Waals surface area (Å²) in [6.07, 6.45) is 0. The highest BCUT2D eigenvalue weighted by Crippen LogP contribution is 2.29. The first-order valence-corrected chi connectivity index (χ1v) is 9.00. The molecule has 2 heterocycles. The molecular formula is C15H17N3O2S2. The topological polar surface area (TPSA) is 53.5 Å². The molecule has 1 aliphatic rings. The van der Waals surface area contributed by atoms with Crippen LogP contribution in [0, 0.1) is 0 Å². The Hall–Kier alpha value is -1.60. The molecule has 1 aromatic heterocycles. The summed E-state index contributed by atoms with van der Waals surface area (Å²) in [5.74, 6) is 1.07. The first-order chi connectivity index (χ1) is 10.6. The van der Waals surface area contributed by atoms with Crippen molar-refractivity contribution in [2.75, 3.05) is 25.2 Å². The number of benzene rings is 1. The van der Waals surface area contributed by atoms with Crippen LogP contribution in [0.5, 0.6) is 0 Å². The van der Waals surface area contributed by atoms with E-state index in [1.54, 1.807) is 39.9 Å². The summed E-state index contributed by atoms with van der Waals surface area (Å²) in [5.41, 5.74) is 0.960. The zero-order valence-corrected chi connectivity index (χ0v) is 14.1. The van der Waals surface area contributed by atoms with Gasteiger partial charge in [0.2, 0.25) is 11.8 Å². The lowest BCUT2D eigenvalue weighted by atomic mass is 10.3. The molecule has 1 atom stereocenters. The van der Waals surface area contributed by atoms with Gasteiger partial charge in [0.15, 0.2) is 0 Å². The smallest absolute Gasteiger partial charge is 0.242 e. The normalized spacial score (nSPS) is 16.3. The van der Waals surface area contributed by atoms with Crippen molar-refractivity contribution >= 4 is 45.1 Å². The standard InChI is InChI=1S/C15H17N3O2S2/c1-10(15-16-11-5-3-4-6-12(11)22-15)17(2)13(19)7-18-9-21-8-14(18)20/h3-6,10H,7-9H2,1-2H3/t10-/m1/s1. The fraction of sp³-hybridized carbons (Fsp3) is 0.400. The van der Waals surface area contributed by atoms with Gasteiger partial charge in [0.1, 0.15) is 11.6 Å². The second kappa shape index (κ2) is 6.26. The number of hydrogen-bond donors (Lipinski definition) is 0. The number of thiazole rings is 1. The van der Waals surface area contributed by atoms with Crippen molar-refractivity contribution in [3.63, 3.8) is 0 Å². The highest BCUT2D eigenvalue weighted by atomic mass is 32.2. The van der Waals surface area contributed by atoms with Crippen molar-refractivity contribution < 1.29 is 9.59 Å². The maximum atomic E-state index is 12.4. The Morgan fingerprint density at radius 3 is 2.91 bits per heavy atom. The van der Waals surface area contributed by atoms with E-state index in [0.717, 1.165) is 15.2 Å². The number of carbonyl (C=O) groups is 2. The van der Waals surface area contributed by atoms with Gasteiger partial charge >= 0.3 is 0 Å². The van der Waals surface area contributed by atoms with E-state index < -0.39 is 0 Å². The monoisotopic (exact) mass is 335 g/mol. The van der Waals surface area contributed by atoms with Gasteiger partial charge in [0, 0.05) is 7.05 Å². The Kier molecular flexibility index (Phi) is 4.35. The van der Waals surface area contributed by atoms with E-state index in [1.807, 2.05) is 31.2 Å². The quantitative estimate of drug-likeness (QED) is 0.861. The Bertz CT molecular complexity index is 683. The van der Waals surface area contributed by atoms with Crippen molar-refractivity contribution in [3.8, 4) is 0 Å². The van der Waals surface area contributed by atoms with Crippen LogP contribution in [0.3, 0.4) is 0 Å². The van der Waals surface area contributed by atoms with Crippen LogP contribution in [-0.2, 0) is 9.59 Å². The van der Waals surface area contributed by atoms with E-state index in [-0.39, 0.29) is 24.4 Å². The van der Waals surface area contributed by atoms with Crippen LogP contribution in [0.2, 0.25) is 0 Å². The van der Waals surface area contributed by atoms with Crippen LogP contribution in [-0.4, -0.2) is 51.8 Å². The molecule has 116 valence electrons. The Labute approximate surface area is 137 Å². The molecule has 0 bridgehead atoms. The molecule has 2 aromatic rings. The fourth-order valence-electron chi connectivity index (χ4n) is 2.27. The average Bonchev–Trinajstić information content (AvgIpc) is 3.12. The zero-order valence-electron chi connectivity index (χ0n) is 12.5. The summed E-state index contributed by atoms with van der Waals surface area (Å²) in [7, 11) is 1.77. The third kappa shape index (κ3) is 2.96. The molecule has 5 nitrogen and oxygen atoms in total. The number of aromatic nitrogens is 1. The molecule has 3 rings (SSSR count). The summed E-state index contributed by atoms with van der Waals surface area (Å²) in [5, 5.41) is 0.916. The lowest BCUT2D eigenvalue weighted by Gasteiger charge is -2.25. The third-order valence-corrected chi connectivity index (χ3v) is 5.95. The van der Waals surface area contributed by atoms with Crippen molar-refractivity contribution in [2.24, 2.45) is 0 Å². The summed E-state index contributed by atoms with van der Waals surface area (Å²) in [6, 6.07) is 7.85. The number of amides is 2. The molecule has 0 unspecified atom stereocenters. The van der Waals surface area contributed by atoms with Crippen LogP contribution in [0.25, 0.3) is 10.2 Å². The van der Waals surface area contributed by atoms with Gasteiger partial charge in [-0.15, -0.1) is 23.1 Å². The van der Waals surface area contributed by atoms with Crippen molar-refractivity contribution in [1.82, 2.24) is 14.8 Å². The number of carbonyl (C=O) groups excluding carboxylic acids is 2. The van der Waals surface area contributed by atoms with Gasteiger partial charge in [-0.2, -0.15) is 0 Å². The van der Waals surface area contributed by atoms with Crippen LogP contribution in [0.15, 0.2) is 24.3 Å². The van der Waals surface area contributed by atoms with E-state index in [4.69, 9.17) is 0 Å². The van der Waals surface area contributed by atoms with Gasteiger partial charge in [-0.3, -0.25) is 9.59 Å². The van der Waals surface area contributed by atoms with Crippen LogP contribution < -0.4 is 0 Å². The third-order valence-electron chi connectivity index (χ3n) is 3.79. The Morgan fingerprint density at radius 1 is 1.45 bits per heavy atom. The molecule has 0 radical (unpaired) electrons. The Morgan fingerprint density at radius 2 is 2.23 bits per heavy atom. The molecule has 22 heavy (non-hydrogen) atoms. The summed E-state index contributed by atoms with van der Waals surface area (Å²) in [4.78, 5) is 31.9. The highest BCUT2D eigenvalue weighted by Gasteiger charge is 2.27. The number of para-hydroxylation sites is 1. The molecule has 7 heteroatoms. The van der Waals surface area contributed by atoms with E-state index in [1.165, 1.54) is 0 Å². The van der Waals surface area contributed by atoms with Gasteiger partial charge in [0.25, 0.3) is 0 Å². The van der Waals surface area contributed by atoms with Crippen LogP contribution in [0.4, 0.5) is 0 Å². The van der Waals surface area contributed by atoms with Crippen molar-refractivity contribution in [1.29, 1.82) is 0 Å². The minimum absolute atomic E-state index is 0.0411. The van der Waals surface area contributed by atoms with E-state index in [0.29, 0.717) is 11.6 Å². The van der Waals surface area contributed by atoms with E-state index >= 15 is 0 Å². The molecule has 1 aliphatic heterocycles. The molecule has 0 saturated carbocycles. The minimum atomic E-state index is -0.102. The minimum Gasteiger partial charge on any atom is -0.335 e. The maximum Gasteiger partial charge on any atom is 0.242 e. The maximum absolute atomic E-state index is 12.4. The molecule has 1 saturated heterocycles. The number of nitrogens with zero attached hydrogens (tertiary/aromatic N) is 3. The number of hydrogen-bond acceptors (Lipinski definition) is 5. The zero-order chi connectivity index (χ0) is 15.7. The molecule has 0 spiro atoms. The fourth-order valence-corrected chi connectivity index (χ4v) is 4.23. The molecule has 0 aliphatic carbocycles. The average molecular weight is 335 g/mol. The van der Waals surface area contributed by atoms with Crippen molar-refractivity contribution in [2.45, 2.75) is 13.0 Å². The second-order valence-electron chi connectivity index (χ2n) is 5.27. The largest absolute Gasteiger partial charge is 0.335 e. The molecule has 1 aromatic carbocycles. The van der Waals surface area contributed by atoms with Gasteiger partial charge in [-0.05, 0) is 19.1 Å². The summed E-state index contributed by atoms with van der Waals surface area (Å²) >= 11 is 3.15. The number of thioether (sulfide) groups is 1. The summed E-state index contributed by atoms with van der Waals surface area (Å²) in [6.45, 7) is 2.12. The van der Waals surface area contributed by atoms with Crippen molar-refractivity contribution in [3.05, 3.63) is 29.3 Å². The first kappa shape index (κ1) is 15.3. The number of fused-ring (bicyclic) bond motifs is 1. The first-order valence-electron chi connectivity index (χ1n) is 7.03. The SMILES string of the molecule is C[C@H](c1nc2ccccc2s1)N(C)C(=O)CN1CSCC1=O. The highest BCUT2D eigenvalue weighted by molar-refractivity contribution is 8.00. The molecule has 1 fully saturated rings. The Balaban J connectivity index is 1.71. The predicted octanol–water partition coefficient (Wildman–Crippen LogP) is 2.35. The molecule has 0 N–H and O–H groups in total. The van der Waals surface area contributed by atoms with Gasteiger partial charge in [-0.1, -0.05) is 12.1 Å².